The normalized spacial score (nSPS) is 11.1. The first kappa shape index (κ1) is 14.0. The molecule has 1 amide bonds. The van der Waals surface area contributed by atoms with Crippen molar-refractivity contribution in [3.8, 4) is 0 Å². The number of hydrogen-bond donors (Lipinski definition) is 2. The van der Waals surface area contributed by atoms with Gasteiger partial charge >= 0.3 is 12.1 Å². The minimum absolute atomic E-state index is 0.178. The number of rotatable bonds is 3. The molecule has 0 saturated carbocycles. The highest BCUT2D eigenvalue weighted by Gasteiger charge is 2.34. The van der Waals surface area contributed by atoms with Gasteiger partial charge in [0, 0.05) is 13.5 Å². The van der Waals surface area contributed by atoms with Gasteiger partial charge < -0.3 is 10.4 Å². The Labute approximate surface area is 100 Å². The van der Waals surface area contributed by atoms with E-state index in [2.05, 4.69) is 5.32 Å². The number of alkyl halides is 3. The Balaban J connectivity index is 3.17. The molecule has 1 rings (SSSR count). The summed E-state index contributed by atoms with van der Waals surface area (Å²) < 4.78 is 38.1. The highest BCUT2D eigenvalue weighted by Crippen LogP contribution is 2.32. The number of nitrogens with one attached hydrogen (secondary N) is 1. The highest BCUT2D eigenvalue weighted by atomic mass is 19.4. The SMILES string of the molecule is CC(=O)NCc1ccc(C(=O)O)cc1C(F)(F)F. The smallest absolute Gasteiger partial charge is 0.416 e. The number of carboxylic acid groups (broad SMARTS) is 1. The van der Waals surface area contributed by atoms with Crippen LogP contribution in [0.1, 0.15) is 28.4 Å². The second kappa shape index (κ2) is 5.07. The molecule has 18 heavy (non-hydrogen) atoms. The predicted octanol–water partition coefficient (Wildman–Crippen LogP) is 2.04. The lowest BCUT2D eigenvalue weighted by Gasteiger charge is -2.13. The van der Waals surface area contributed by atoms with Crippen molar-refractivity contribution in [1.82, 2.24) is 5.32 Å². The zero-order valence-electron chi connectivity index (χ0n) is 9.34. The molecule has 0 heterocycles. The van der Waals surface area contributed by atoms with Crippen molar-refractivity contribution in [2.24, 2.45) is 0 Å². The van der Waals surface area contributed by atoms with E-state index in [1.54, 1.807) is 0 Å². The molecular formula is C11H10F3NO3. The van der Waals surface area contributed by atoms with E-state index in [4.69, 9.17) is 5.11 Å². The van der Waals surface area contributed by atoms with Crippen molar-refractivity contribution in [3.63, 3.8) is 0 Å². The lowest BCUT2D eigenvalue weighted by molar-refractivity contribution is -0.138. The Morgan fingerprint density at radius 2 is 1.94 bits per heavy atom. The van der Waals surface area contributed by atoms with E-state index in [-0.39, 0.29) is 12.1 Å². The monoisotopic (exact) mass is 261 g/mol. The third-order valence-electron chi connectivity index (χ3n) is 2.19. The van der Waals surface area contributed by atoms with E-state index in [0.29, 0.717) is 6.07 Å². The first-order valence-corrected chi connectivity index (χ1v) is 4.89. The Bertz CT molecular complexity index is 483. The van der Waals surface area contributed by atoms with Crippen LogP contribution in [-0.4, -0.2) is 17.0 Å². The minimum Gasteiger partial charge on any atom is -0.478 e. The average Bonchev–Trinajstić information content (AvgIpc) is 2.24. The number of carboxylic acids is 1. The molecule has 0 unspecified atom stereocenters. The summed E-state index contributed by atoms with van der Waals surface area (Å²) in [6, 6.07) is 2.66. The Morgan fingerprint density at radius 1 is 1.33 bits per heavy atom. The number of halogens is 3. The largest absolute Gasteiger partial charge is 0.478 e. The molecule has 0 radical (unpaired) electrons. The van der Waals surface area contributed by atoms with Gasteiger partial charge in [-0.2, -0.15) is 13.2 Å². The van der Waals surface area contributed by atoms with Crippen LogP contribution in [0.3, 0.4) is 0 Å². The molecule has 0 bridgehead atoms. The molecule has 0 aliphatic carbocycles. The molecule has 7 heteroatoms. The first-order chi connectivity index (χ1) is 8.21. The second-order valence-corrected chi connectivity index (χ2v) is 3.58. The molecule has 0 aromatic heterocycles. The van der Waals surface area contributed by atoms with Gasteiger partial charge in [0.2, 0.25) is 5.91 Å². The van der Waals surface area contributed by atoms with Crippen molar-refractivity contribution in [3.05, 3.63) is 34.9 Å². The zero-order valence-corrected chi connectivity index (χ0v) is 9.34. The highest BCUT2D eigenvalue weighted by molar-refractivity contribution is 5.88. The van der Waals surface area contributed by atoms with E-state index < -0.39 is 29.2 Å². The molecule has 0 atom stereocenters. The van der Waals surface area contributed by atoms with E-state index in [0.717, 1.165) is 12.1 Å². The maximum absolute atomic E-state index is 12.7. The van der Waals surface area contributed by atoms with Crippen molar-refractivity contribution < 1.29 is 27.9 Å². The van der Waals surface area contributed by atoms with Crippen LogP contribution in [0.15, 0.2) is 18.2 Å². The van der Waals surface area contributed by atoms with E-state index in [1.165, 1.54) is 6.92 Å². The summed E-state index contributed by atoms with van der Waals surface area (Å²) in [4.78, 5) is 21.3. The van der Waals surface area contributed by atoms with Crippen molar-refractivity contribution in [1.29, 1.82) is 0 Å². The van der Waals surface area contributed by atoms with E-state index in [9.17, 15) is 22.8 Å². The molecule has 0 saturated heterocycles. The second-order valence-electron chi connectivity index (χ2n) is 3.58. The van der Waals surface area contributed by atoms with Gasteiger partial charge in [-0.05, 0) is 17.7 Å². The van der Waals surface area contributed by atoms with Gasteiger partial charge in [-0.15, -0.1) is 0 Å². The van der Waals surface area contributed by atoms with E-state index >= 15 is 0 Å². The van der Waals surface area contributed by atoms with Crippen LogP contribution in [0.25, 0.3) is 0 Å². The van der Waals surface area contributed by atoms with Crippen LogP contribution in [0, 0.1) is 0 Å². The molecule has 0 aliphatic heterocycles. The Kier molecular flexibility index (Phi) is 3.95. The summed E-state index contributed by atoms with van der Waals surface area (Å²) in [5, 5.41) is 10.9. The summed E-state index contributed by atoms with van der Waals surface area (Å²) in [6.07, 6.45) is -4.67. The average molecular weight is 261 g/mol. The minimum atomic E-state index is -4.67. The van der Waals surface area contributed by atoms with E-state index in [1.807, 2.05) is 0 Å². The number of amides is 1. The van der Waals surface area contributed by atoms with Crippen LogP contribution in [0.5, 0.6) is 0 Å². The third kappa shape index (κ3) is 3.47. The molecular weight excluding hydrogens is 251 g/mol. The lowest BCUT2D eigenvalue weighted by atomic mass is 10.0. The summed E-state index contributed by atoms with van der Waals surface area (Å²) in [5.74, 6) is -1.91. The summed E-state index contributed by atoms with van der Waals surface area (Å²) in [5.41, 5.74) is -1.69. The maximum Gasteiger partial charge on any atom is 0.416 e. The van der Waals surface area contributed by atoms with Gasteiger partial charge in [0.1, 0.15) is 0 Å². The van der Waals surface area contributed by atoms with Crippen molar-refractivity contribution in [2.75, 3.05) is 0 Å². The van der Waals surface area contributed by atoms with Crippen LogP contribution in [0.2, 0.25) is 0 Å². The molecule has 98 valence electrons. The summed E-state index contributed by atoms with van der Waals surface area (Å²) in [7, 11) is 0. The number of hydrogen-bond acceptors (Lipinski definition) is 2. The standard InChI is InChI=1S/C11H10F3NO3/c1-6(16)15-5-8-3-2-7(10(17)18)4-9(8)11(12,13)14/h2-4H,5H2,1H3,(H,15,16)(H,17,18). The molecule has 1 aromatic rings. The fourth-order valence-corrected chi connectivity index (χ4v) is 1.35. The topological polar surface area (TPSA) is 66.4 Å². The van der Waals surface area contributed by atoms with Crippen LogP contribution < -0.4 is 5.32 Å². The molecule has 0 spiro atoms. The van der Waals surface area contributed by atoms with Crippen LogP contribution in [-0.2, 0) is 17.5 Å². The number of benzene rings is 1. The summed E-state index contributed by atoms with van der Waals surface area (Å²) in [6.45, 7) is 0.878. The number of carbonyl (C=O) groups is 2. The summed E-state index contributed by atoms with van der Waals surface area (Å²) >= 11 is 0. The third-order valence-corrected chi connectivity index (χ3v) is 2.19. The molecule has 4 nitrogen and oxygen atoms in total. The fourth-order valence-electron chi connectivity index (χ4n) is 1.35. The molecule has 1 aromatic carbocycles. The number of carbonyl (C=O) groups excluding carboxylic acids is 1. The van der Waals surface area contributed by atoms with Crippen LogP contribution in [0.4, 0.5) is 13.2 Å². The molecule has 0 aliphatic rings. The van der Waals surface area contributed by atoms with Gasteiger partial charge in [-0.3, -0.25) is 4.79 Å². The van der Waals surface area contributed by atoms with Gasteiger partial charge in [-0.25, -0.2) is 4.79 Å². The molecule has 2 N–H and O–H groups in total. The van der Waals surface area contributed by atoms with Gasteiger partial charge in [0.05, 0.1) is 11.1 Å². The lowest BCUT2D eigenvalue weighted by Crippen LogP contribution is -2.22. The molecule has 0 fully saturated rings. The predicted molar refractivity (Wildman–Crippen MR) is 55.9 cm³/mol. The van der Waals surface area contributed by atoms with Crippen molar-refractivity contribution >= 4 is 11.9 Å². The Hall–Kier alpha value is -2.05. The van der Waals surface area contributed by atoms with Gasteiger partial charge in [0.25, 0.3) is 0 Å². The Morgan fingerprint density at radius 3 is 2.39 bits per heavy atom. The van der Waals surface area contributed by atoms with Crippen LogP contribution >= 0.6 is 0 Å². The first-order valence-electron chi connectivity index (χ1n) is 4.89. The maximum atomic E-state index is 12.7. The quantitative estimate of drug-likeness (QED) is 0.875. The van der Waals surface area contributed by atoms with Gasteiger partial charge in [-0.1, -0.05) is 6.07 Å². The van der Waals surface area contributed by atoms with Gasteiger partial charge in [0.15, 0.2) is 0 Å². The zero-order chi connectivity index (χ0) is 13.9. The number of aromatic carboxylic acids is 1. The van der Waals surface area contributed by atoms with Crippen molar-refractivity contribution in [2.45, 2.75) is 19.6 Å². The fraction of sp³-hybridized carbons (Fsp3) is 0.273.